The molecule has 3 aromatic rings. The Morgan fingerprint density at radius 3 is 1.13 bits per heavy atom. The lowest BCUT2D eigenvalue weighted by atomic mass is 10.0. The van der Waals surface area contributed by atoms with E-state index in [1.807, 2.05) is 0 Å². The molecule has 0 aliphatic rings. The van der Waals surface area contributed by atoms with Gasteiger partial charge in [-0.1, -0.05) is 230 Å². The Morgan fingerprint density at radius 1 is 0.356 bits per heavy atom. The molecule has 1 heterocycles. The first-order chi connectivity index (χ1) is 22.4. The molecule has 0 saturated carbocycles. The molecule has 0 amide bonds. The maximum atomic E-state index is 3.67. The van der Waals surface area contributed by atoms with Gasteiger partial charge in [0.15, 0.2) is 0 Å². The van der Waals surface area contributed by atoms with E-state index in [0.717, 1.165) is 0 Å². The third-order valence-electron chi connectivity index (χ3n) is 10.4. The van der Waals surface area contributed by atoms with Gasteiger partial charge in [-0.25, -0.2) is 0 Å². The number of hydrogen-bond acceptors (Lipinski definition) is 0. The maximum absolute atomic E-state index is 3.67. The zero-order valence-corrected chi connectivity index (χ0v) is 30.0. The lowest BCUT2D eigenvalue weighted by Gasteiger charge is -2.05. The average Bonchev–Trinajstić information content (AvgIpc) is 3.45. The maximum Gasteiger partial charge on any atom is 0.0497 e. The van der Waals surface area contributed by atoms with Crippen molar-refractivity contribution in [1.29, 1.82) is 0 Å². The highest BCUT2D eigenvalue weighted by atomic mass is 14.7. The van der Waals surface area contributed by atoms with Crippen LogP contribution in [0.2, 0.25) is 0 Å². The van der Waals surface area contributed by atoms with Gasteiger partial charge in [-0.2, -0.15) is 0 Å². The number of unbranched alkanes of at least 4 members (excludes halogenated alkanes) is 29. The van der Waals surface area contributed by atoms with Crippen molar-refractivity contribution in [2.24, 2.45) is 0 Å². The van der Waals surface area contributed by atoms with Crippen molar-refractivity contribution >= 4 is 21.8 Å². The van der Waals surface area contributed by atoms with Gasteiger partial charge in [-0.05, 0) is 24.5 Å². The third-order valence-corrected chi connectivity index (χ3v) is 10.4. The Labute approximate surface area is 280 Å². The number of rotatable bonds is 31. The summed E-state index contributed by atoms with van der Waals surface area (Å²) < 4.78 is 0. The van der Waals surface area contributed by atoms with E-state index in [1.165, 1.54) is 226 Å². The molecule has 1 N–H and O–H groups in total. The van der Waals surface area contributed by atoms with E-state index in [9.17, 15) is 0 Å². The minimum atomic E-state index is 1.20. The summed E-state index contributed by atoms with van der Waals surface area (Å²) in [7, 11) is 0. The second-order valence-corrected chi connectivity index (χ2v) is 14.5. The lowest BCUT2D eigenvalue weighted by Crippen LogP contribution is -1.88. The molecule has 1 heteroatoms. The first-order valence-corrected chi connectivity index (χ1v) is 20.4. The second kappa shape index (κ2) is 26.3. The summed E-state index contributed by atoms with van der Waals surface area (Å²) >= 11 is 0. The topological polar surface area (TPSA) is 15.8 Å². The van der Waals surface area contributed by atoms with Crippen molar-refractivity contribution in [3.05, 3.63) is 48.0 Å². The molecule has 0 aliphatic heterocycles. The number of para-hydroxylation sites is 2. The Kier molecular flexibility index (Phi) is 22.1. The molecule has 1 aromatic heterocycles. The molecule has 2 aromatic carbocycles. The standard InChI is InChI=1S/C44H73N/c1-2-3-4-5-6-7-8-9-10-11-12-13-14-15-16-17-18-19-20-21-22-23-24-25-26-27-28-29-30-31-35-40-36-34-38-42-41-37-32-33-39-43(41)45-44(40)42/h32-34,36-39,45H,2-31,35H2,1H3. The third kappa shape index (κ3) is 17.1. The van der Waals surface area contributed by atoms with E-state index in [1.54, 1.807) is 0 Å². The summed E-state index contributed by atoms with van der Waals surface area (Å²) in [4.78, 5) is 3.67. The van der Waals surface area contributed by atoms with Crippen LogP contribution < -0.4 is 0 Å². The molecule has 0 radical (unpaired) electrons. The highest BCUT2D eigenvalue weighted by Crippen LogP contribution is 2.28. The predicted octanol–water partition coefficient (Wildman–Crippen LogP) is 15.6. The number of aryl methyl sites for hydroxylation is 1. The minimum absolute atomic E-state index is 1.20. The van der Waals surface area contributed by atoms with Crippen LogP contribution in [0.15, 0.2) is 42.5 Å². The summed E-state index contributed by atoms with van der Waals surface area (Å²) in [6.45, 7) is 2.31. The summed E-state index contributed by atoms with van der Waals surface area (Å²) in [5.41, 5.74) is 4.11. The first-order valence-electron chi connectivity index (χ1n) is 20.4. The summed E-state index contributed by atoms with van der Waals surface area (Å²) in [6.07, 6.45) is 45.0. The molecule has 45 heavy (non-hydrogen) atoms. The normalized spacial score (nSPS) is 11.8. The van der Waals surface area contributed by atoms with E-state index in [2.05, 4.69) is 54.4 Å². The molecule has 1 nitrogen and oxygen atoms in total. The van der Waals surface area contributed by atoms with Crippen molar-refractivity contribution in [2.45, 2.75) is 206 Å². The molecule has 0 fully saturated rings. The van der Waals surface area contributed by atoms with E-state index in [-0.39, 0.29) is 0 Å². The first kappa shape index (κ1) is 37.7. The van der Waals surface area contributed by atoms with Crippen LogP contribution in [0.25, 0.3) is 21.8 Å². The van der Waals surface area contributed by atoms with E-state index in [4.69, 9.17) is 0 Å². The zero-order chi connectivity index (χ0) is 31.5. The van der Waals surface area contributed by atoms with Crippen molar-refractivity contribution in [3.63, 3.8) is 0 Å². The fourth-order valence-corrected chi connectivity index (χ4v) is 7.48. The van der Waals surface area contributed by atoms with Crippen molar-refractivity contribution in [1.82, 2.24) is 4.98 Å². The smallest absolute Gasteiger partial charge is 0.0497 e. The molecule has 0 spiro atoms. The Morgan fingerprint density at radius 2 is 0.711 bits per heavy atom. The SMILES string of the molecule is CCCCCCCCCCCCCCCCCCCCCCCCCCCCCCCCc1cccc2c1[nH]c1ccccc12. The molecule has 3 rings (SSSR count). The number of fused-ring (bicyclic) bond motifs is 3. The molecule has 0 saturated heterocycles. The van der Waals surface area contributed by atoms with Gasteiger partial charge < -0.3 is 4.98 Å². The van der Waals surface area contributed by atoms with Crippen molar-refractivity contribution < 1.29 is 0 Å². The predicted molar refractivity (Wildman–Crippen MR) is 204 cm³/mol. The van der Waals surface area contributed by atoms with Crippen molar-refractivity contribution in [3.8, 4) is 0 Å². The van der Waals surface area contributed by atoms with Crippen LogP contribution >= 0.6 is 0 Å². The monoisotopic (exact) mass is 616 g/mol. The van der Waals surface area contributed by atoms with Gasteiger partial charge in [0.25, 0.3) is 0 Å². The van der Waals surface area contributed by atoms with Crippen LogP contribution in [0.3, 0.4) is 0 Å². The van der Waals surface area contributed by atoms with Gasteiger partial charge in [-0.3, -0.25) is 0 Å². The number of hydrogen-bond donors (Lipinski definition) is 1. The van der Waals surface area contributed by atoms with Gasteiger partial charge in [0.1, 0.15) is 0 Å². The van der Waals surface area contributed by atoms with Crippen LogP contribution in [0.5, 0.6) is 0 Å². The van der Waals surface area contributed by atoms with Gasteiger partial charge in [-0.15, -0.1) is 0 Å². The van der Waals surface area contributed by atoms with Crippen LogP contribution in [0.4, 0.5) is 0 Å². The molecule has 0 unspecified atom stereocenters. The number of aromatic amines is 1. The number of aromatic nitrogens is 1. The Hall–Kier alpha value is -1.76. The van der Waals surface area contributed by atoms with Crippen molar-refractivity contribution in [2.75, 3.05) is 0 Å². The largest absolute Gasteiger partial charge is 0.354 e. The van der Waals surface area contributed by atoms with Gasteiger partial charge >= 0.3 is 0 Å². The molecule has 0 atom stereocenters. The minimum Gasteiger partial charge on any atom is -0.354 e. The fourth-order valence-electron chi connectivity index (χ4n) is 7.48. The van der Waals surface area contributed by atoms with E-state index >= 15 is 0 Å². The van der Waals surface area contributed by atoms with Gasteiger partial charge in [0.2, 0.25) is 0 Å². The fraction of sp³-hybridized carbons (Fsp3) is 0.727. The number of H-pyrrole nitrogens is 1. The summed E-state index contributed by atoms with van der Waals surface area (Å²) in [6, 6.07) is 15.5. The highest BCUT2D eigenvalue weighted by Gasteiger charge is 2.07. The molecule has 0 bridgehead atoms. The summed E-state index contributed by atoms with van der Waals surface area (Å²) in [5.74, 6) is 0. The molecular weight excluding hydrogens is 542 g/mol. The van der Waals surface area contributed by atoms with Crippen LogP contribution in [0, 0.1) is 0 Å². The second-order valence-electron chi connectivity index (χ2n) is 14.5. The highest BCUT2D eigenvalue weighted by molar-refractivity contribution is 6.08. The molecule has 0 aliphatic carbocycles. The van der Waals surface area contributed by atoms with Crippen LogP contribution in [-0.4, -0.2) is 4.98 Å². The molecule has 254 valence electrons. The Balaban J connectivity index is 0.979. The quantitative estimate of drug-likeness (QED) is 0.0693. The van der Waals surface area contributed by atoms with Crippen LogP contribution in [-0.2, 0) is 6.42 Å². The Bertz CT molecular complexity index is 1080. The lowest BCUT2D eigenvalue weighted by molar-refractivity contribution is 0.513. The van der Waals surface area contributed by atoms with Gasteiger partial charge in [0.05, 0.1) is 0 Å². The number of nitrogens with one attached hydrogen (secondary N) is 1. The number of benzene rings is 2. The zero-order valence-electron chi connectivity index (χ0n) is 30.0. The van der Waals surface area contributed by atoms with Crippen LogP contribution in [0.1, 0.15) is 205 Å². The average molecular weight is 616 g/mol. The van der Waals surface area contributed by atoms with E-state index < -0.39 is 0 Å². The summed E-state index contributed by atoms with van der Waals surface area (Å²) in [5, 5.41) is 2.74. The molecular formula is C44H73N. The van der Waals surface area contributed by atoms with E-state index in [0.29, 0.717) is 0 Å². The van der Waals surface area contributed by atoms with Gasteiger partial charge in [0, 0.05) is 21.8 Å².